The molecule has 0 saturated carbocycles. The van der Waals surface area contributed by atoms with Crippen LogP contribution in [0.5, 0.6) is 0 Å². The molecule has 0 aromatic heterocycles. The summed E-state index contributed by atoms with van der Waals surface area (Å²) in [5.74, 6) is -0.940. The molecule has 2 N–H and O–H groups in total. The van der Waals surface area contributed by atoms with Crippen molar-refractivity contribution in [3.8, 4) is 0 Å². The minimum absolute atomic E-state index is 0.115. The van der Waals surface area contributed by atoms with Crippen LogP contribution in [-0.2, 0) is 4.79 Å². The van der Waals surface area contributed by atoms with E-state index in [0.29, 0.717) is 6.26 Å². The second-order valence-electron chi connectivity index (χ2n) is 0.983. The first-order valence-electron chi connectivity index (χ1n) is 1.78. The third kappa shape index (κ3) is 5.01. The van der Waals surface area contributed by atoms with Crippen LogP contribution in [0, 0.1) is 0 Å². The van der Waals surface area contributed by atoms with E-state index in [1.54, 1.807) is 0 Å². The topological polar surface area (TPSA) is 57.5 Å². The molecule has 40 valence electrons. The Morgan fingerprint density at radius 3 is 2.43 bits per heavy atom. The van der Waals surface area contributed by atoms with E-state index in [4.69, 9.17) is 10.2 Å². The van der Waals surface area contributed by atoms with Gasteiger partial charge in [0.1, 0.15) is 0 Å². The molecule has 0 fully saturated rings. The van der Waals surface area contributed by atoms with Crippen molar-refractivity contribution in [3.63, 3.8) is 0 Å². The lowest BCUT2D eigenvalue weighted by atomic mass is 10.4. The highest BCUT2D eigenvalue weighted by Crippen LogP contribution is 1.77. The van der Waals surface area contributed by atoms with Gasteiger partial charge in [-0.25, -0.2) is 0 Å². The van der Waals surface area contributed by atoms with Gasteiger partial charge in [-0.05, 0) is 6.08 Å². The van der Waals surface area contributed by atoms with Gasteiger partial charge in [0.25, 0.3) is 0 Å². The molecule has 0 amide bonds. The van der Waals surface area contributed by atoms with Gasteiger partial charge in [-0.2, -0.15) is 0 Å². The molecule has 0 bridgehead atoms. The second kappa shape index (κ2) is 3.21. The summed E-state index contributed by atoms with van der Waals surface area (Å²) in [6, 6.07) is 0. The van der Waals surface area contributed by atoms with E-state index in [1.807, 2.05) is 0 Å². The van der Waals surface area contributed by atoms with E-state index in [0.717, 1.165) is 6.08 Å². The molecule has 0 aliphatic carbocycles. The normalized spacial score (nSPS) is 9.71. The summed E-state index contributed by atoms with van der Waals surface area (Å²) < 4.78 is 0. The molecular formula is C4H6O3. The molecule has 0 saturated heterocycles. The first-order chi connectivity index (χ1) is 3.27. The summed E-state index contributed by atoms with van der Waals surface area (Å²) in [7, 11) is 0. The molecule has 0 aliphatic rings. The zero-order valence-corrected chi connectivity index (χ0v) is 3.66. The molecule has 3 nitrogen and oxygen atoms in total. The highest BCUT2D eigenvalue weighted by molar-refractivity contribution is 5.68. The smallest absolute Gasteiger partial charge is 0.307 e. The van der Waals surface area contributed by atoms with Crippen molar-refractivity contribution in [1.29, 1.82) is 0 Å². The minimum atomic E-state index is -0.940. The number of rotatable bonds is 2. The van der Waals surface area contributed by atoms with Crippen LogP contribution in [-0.4, -0.2) is 16.2 Å². The summed E-state index contributed by atoms with van der Waals surface area (Å²) in [4.78, 5) is 9.60. The Hall–Kier alpha value is -0.990. The lowest BCUT2D eigenvalue weighted by Gasteiger charge is -1.77. The van der Waals surface area contributed by atoms with Crippen LogP contribution in [0.25, 0.3) is 0 Å². The molecular weight excluding hydrogens is 96.0 g/mol. The summed E-state index contributed by atoms with van der Waals surface area (Å²) in [5, 5.41) is 15.8. The maximum Gasteiger partial charge on any atom is 0.307 e. The predicted molar refractivity (Wildman–Crippen MR) is 24.0 cm³/mol. The molecule has 7 heavy (non-hydrogen) atoms. The number of aliphatic hydroxyl groups excluding tert-OH is 1. The zero-order chi connectivity index (χ0) is 5.70. The van der Waals surface area contributed by atoms with Gasteiger partial charge in [0, 0.05) is 0 Å². The number of hydrogen-bond acceptors (Lipinski definition) is 2. The predicted octanol–water partition coefficient (Wildman–Crippen LogP) is 0.533. The fourth-order valence-corrected chi connectivity index (χ4v) is 0.154. The molecule has 0 aliphatic heterocycles. The molecule has 0 spiro atoms. The average molecular weight is 102 g/mol. The Balaban J connectivity index is 3.14. The van der Waals surface area contributed by atoms with Crippen molar-refractivity contribution in [2.45, 2.75) is 6.42 Å². The van der Waals surface area contributed by atoms with E-state index in [2.05, 4.69) is 0 Å². The minimum Gasteiger partial charge on any atom is -0.516 e. The van der Waals surface area contributed by atoms with Gasteiger partial charge in [0.05, 0.1) is 12.7 Å². The lowest BCUT2D eigenvalue weighted by Crippen LogP contribution is -1.89. The number of hydrogen-bond donors (Lipinski definition) is 2. The molecule has 3 heteroatoms. The van der Waals surface area contributed by atoms with Gasteiger partial charge in [0.2, 0.25) is 0 Å². The number of carboxylic acid groups (broad SMARTS) is 1. The average Bonchev–Trinajstić information content (AvgIpc) is 1.61. The van der Waals surface area contributed by atoms with E-state index in [9.17, 15) is 4.79 Å². The maximum absolute atomic E-state index is 9.60. The van der Waals surface area contributed by atoms with Gasteiger partial charge in [-0.15, -0.1) is 0 Å². The quantitative estimate of drug-likeness (QED) is 0.500. The van der Waals surface area contributed by atoms with Crippen LogP contribution < -0.4 is 0 Å². The second-order valence-corrected chi connectivity index (χ2v) is 0.983. The Morgan fingerprint density at radius 2 is 2.29 bits per heavy atom. The third-order valence-corrected chi connectivity index (χ3v) is 0.398. The van der Waals surface area contributed by atoms with Crippen LogP contribution in [0.3, 0.4) is 0 Å². The van der Waals surface area contributed by atoms with E-state index < -0.39 is 5.97 Å². The van der Waals surface area contributed by atoms with Crippen LogP contribution in [0.1, 0.15) is 6.42 Å². The van der Waals surface area contributed by atoms with Crippen molar-refractivity contribution in [2.75, 3.05) is 0 Å². The van der Waals surface area contributed by atoms with Gasteiger partial charge in [-0.1, -0.05) is 0 Å². The monoisotopic (exact) mass is 102 g/mol. The Kier molecular flexibility index (Phi) is 2.76. The van der Waals surface area contributed by atoms with Gasteiger partial charge in [0.15, 0.2) is 0 Å². The first kappa shape index (κ1) is 6.01. The summed E-state index contributed by atoms with van der Waals surface area (Å²) >= 11 is 0. The maximum atomic E-state index is 9.60. The molecule has 0 aromatic carbocycles. The van der Waals surface area contributed by atoms with Crippen molar-refractivity contribution in [3.05, 3.63) is 12.3 Å². The van der Waals surface area contributed by atoms with Crippen LogP contribution in [0.4, 0.5) is 0 Å². The third-order valence-electron chi connectivity index (χ3n) is 0.398. The number of carboxylic acids is 1. The van der Waals surface area contributed by atoms with E-state index >= 15 is 0 Å². The first-order valence-corrected chi connectivity index (χ1v) is 1.78. The zero-order valence-electron chi connectivity index (χ0n) is 3.66. The SMILES string of the molecule is O=C(O)C/C=C\O. The fourth-order valence-electron chi connectivity index (χ4n) is 0.154. The summed E-state index contributed by atoms with van der Waals surface area (Å²) in [6.07, 6.45) is 1.76. The summed E-state index contributed by atoms with van der Waals surface area (Å²) in [5.41, 5.74) is 0. The van der Waals surface area contributed by atoms with E-state index in [-0.39, 0.29) is 6.42 Å². The van der Waals surface area contributed by atoms with Crippen molar-refractivity contribution in [1.82, 2.24) is 0 Å². The fraction of sp³-hybridized carbons (Fsp3) is 0.250. The Bertz CT molecular complexity index is 84.9. The lowest BCUT2D eigenvalue weighted by molar-refractivity contribution is -0.136. The highest BCUT2D eigenvalue weighted by Gasteiger charge is 1.86. The number of aliphatic carboxylic acids is 1. The Morgan fingerprint density at radius 1 is 1.71 bits per heavy atom. The standard InChI is InChI=1S/C4H6O3/c5-3-1-2-4(6)7/h1,3,5H,2H2,(H,6,7)/b3-1-. The van der Waals surface area contributed by atoms with E-state index in [1.165, 1.54) is 0 Å². The molecule has 0 heterocycles. The van der Waals surface area contributed by atoms with Crippen LogP contribution in [0.15, 0.2) is 12.3 Å². The van der Waals surface area contributed by atoms with Crippen molar-refractivity contribution in [2.24, 2.45) is 0 Å². The van der Waals surface area contributed by atoms with Gasteiger partial charge < -0.3 is 10.2 Å². The largest absolute Gasteiger partial charge is 0.516 e. The van der Waals surface area contributed by atoms with Crippen molar-refractivity contribution < 1.29 is 15.0 Å². The van der Waals surface area contributed by atoms with Crippen LogP contribution in [0.2, 0.25) is 0 Å². The number of aliphatic hydroxyl groups is 1. The molecule has 0 rings (SSSR count). The van der Waals surface area contributed by atoms with Gasteiger partial charge in [-0.3, -0.25) is 4.79 Å². The highest BCUT2D eigenvalue weighted by atomic mass is 16.4. The molecule has 0 unspecified atom stereocenters. The van der Waals surface area contributed by atoms with Crippen LogP contribution >= 0.6 is 0 Å². The Labute approximate surface area is 40.9 Å². The molecule has 0 radical (unpaired) electrons. The number of carbonyl (C=O) groups is 1. The molecule has 0 aromatic rings. The van der Waals surface area contributed by atoms with Gasteiger partial charge >= 0.3 is 5.97 Å². The van der Waals surface area contributed by atoms with Crippen molar-refractivity contribution >= 4 is 5.97 Å². The molecule has 0 atom stereocenters. The summed E-state index contributed by atoms with van der Waals surface area (Å²) in [6.45, 7) is 0.